The number of carbonyl (C=O) groups excluding carboxylic acids is 2. The van der Waals surface area contributed by atoms with Gasteiger partial charge >= 0.3 is 12.0 Å². The summed E-state index contributed by atoms with van der Waals surface area (Å²) >= 11 is 0. The first kappa shape index (κ1) is 21.7. The summed E-state index contributed by atoms with van der Waals surface area (Å²) in [7, 11) is 0. The van der Waals surface area contributed by atoms with Crippen LogP contribution in [-0.2, 0) is 11.3 Å². The van der Waals surface area contributed by atoms with Crippen molar-refractivity contribution in [3.8, 4) is 0 Å². The van der Waals surface area contributed by atoms with Gasteiger partial charge in [-0.25, -0.2) is 9.59 Å². The number of amides is 2. The first-order valence-corrected chi connectivity index (χ1v) is 11.5. The number of nitrogens with one attached hydrogen (secondary N) is 1. The van der Waals surface area contributed by atoms with E-state index in [1.165, 1.54) is 38.5 Å². The fourth-order valence-electron chi connectivity index (χ4n) is 4.73. The topological polar surface area (TPSA) is 76.5 Å². The number of carbonyl (C=O) groups is 2. The van der Waals surface area contributed by atoms with Gasteiger partial charge in [-0.15, -0.1) is 0 Å². The minimum Gasteiger partial charge on any atom is -0.462 e. The summed E-state index contributed by atoms with van der Waals surface area (Å²) in [4.78, 5) is 27.9. The maximum absolute atomic E-state index is 13.4. The van der Waals surface area contributed by atoms with Crippen LogP contribution in [-0.4, -0.2) is 45.4 Å². The van der Waals surface area contributed by atoms with E-state index < -0.39 is 5.97 Å². The van der Waals surface area contributed by atoms with Crippen LogP contribution < -0.4 is 5.32 Å². The minimum absolute atomic E-state index is 0.115. The van der Waals surface area contributed by atoms with Crippen molar-refractivity contribution in [2.45, 2.75) is 103 Å². The standard InChI is InChI=1S/C22H36N4O3/c1-3-15-25-16-19(21(27)29-4-2)20(24-25)23-22(28)26(17-11-7-5-8-12-17)18-13-9-6-10-14-18/h16-18H,3-15H2,1-2H3,(H,23,24,28). The number of anilines is 1. The lowest BCUT2D eigenvalue weighted by molar-refractivity contribution is 0.0527. The molecule has 1 aromatic rings. The van der Waals surface area contributed by atoms with Gasteiger partial charge in [0.2, 0.25) is 0 Å². The van der Waals surface area contributed by atoms with Gasteiger partial charge in [0.25, 0.3) is 0 Å². The predicted molar refractivity (Wildman–Crippen MR) is 113 cm³/mol. The van der Waals surface area contributed by atoms with E-state index in [1.54, 1.807) is 17.8 Å². The molecule has 7 nitrogen and oxygen atoms in total. The molecular weight excluding hydrogens is 368 g/mol. The van der Waals surface area contributed by atoms with E-state index in [2.05, 4.69) is 22.2 Å². The molecule has 3 rings (SSSR count). The minimum atomic E-state index is -0.438. The highest BCUT2D eigenvalue weighted by atomic mass is 16.5. The van der Waals surface area contributed by atoms with Gasteiger partial charge in [-0.1, -0.05) is 45.4 Å². The van der Waals surface area contributed by atoms with Gasteiger partial charge in [-0.2, -0.15) is 5.10 Å². The van der Waals surface area contributed by atoms with E-state index in [0.717, 1.165) is 32.1 Å². The Labute approximate surface area is 174 Å². The second-order valence-electron chi connectivity index (χ2n) is 8.30. The van der Waals surface area contributed by atoms with Crippen molar-refractivity contribution in [2.24, 2.45) is 0 Å². The Bertz CT molecular complexity index is 658. The van der Waals surface area contributed by atoms with Gasteiger partial charge in [-0.05, 0) is 39.0 Å². The van der Waals surface area contributed by atoms with Crippen LogP contribution in [0.15, 0.2) is 6.20 Å². The molecule has 2 amide bonds. The molecule has 1 N–H and O–H groups in total. The molecule has 0 saturated heterocycles. The van der Waals surface area contributed by atoms with Crippen LogP contribution in [0.2, 0.25) is 0 Å². The molecule has 162 valence electrons. The van der Waals surface area contributed by atoms with Gasteiger partial charge in [-0.3, -0.25) is 10.00 Å². The lowest BCUT2D eigenvalue weighted by atomic mass is 9.89. The molecule has 0 unspecified atom stereocenters. The van der Waals surface area contributed by atoms with Gasteiger partial charge in [0, 0.05) is 24.8 Å². The van der Waals surface area contributed by atoms with Gasteiger partial charge in [0.05, 0.1) is 6.61 Å². The van der Waals surface area contributed by atoms with Crippen LogP contribution in [0.1, 0.15) is 94.8 Å². The van der Waals surface area contributed by atoms with E-state index in [0.29, 0.717) is 24.5 Å². The van der Waals surface area contributed by atoms with Crippen molar-refractivity contribution in [2.75, 3.05) is 11.9 Å². The second kappa shape index (κ2) is 10.6. The molecule has 2 aliphatic carbocycles. The number of ether oxygens (including phenoxy) is 1. The summed E-state index contributed by atoms with van der Waals surface area (Å²) in [5, 5.41) is 7.45. The molecule has 2 aliphatic rings. The fraction of sp³-hybridized carbons (Fsp3) is 0.773. The van der Waals surface area contributed by atoms with E-state index >= 15 is 0 Å². The highest BCUT2D eigenvalue weighted by Gasteiger charge is 2.33. The zero-order valence-corrected chi connectivity index (χ0v) is 18.0. The smallest absolute Gasteiger partial charge is 0.343 e. The SMILES string of the molecule is CCCn1cc(C(=O)OCC)c(NC(=O)N(C2CCCCC2)C2CCCCC2)n1. The number of aromatic nitrogens is 2. The van der Waals surface area contributed by atoms with Crippen LogP contribution in [0.25, 0.3) is 0 Å². The average Bonchev–Trinajstić information content (AvgIpc) is 3.12. The molecule has 0 radical (unpaired) electrons. The number of esters is 1. The maximum Gasteiger partial charge on any atom is 0.343 e. The molecule has 1 heterocycles. The summed E-state index contributed by atoms with van der Waals surface area (Å²) in [5.74, 6) is -0.120. The molecule has 0 bridgehead atoms. The Kier molecular flexibility index (Phi) is 7.95. The number of nitrogens with zero attached hydrogens (tertiary/aromatic N) is 3. The molecular formula is C22H36N4O3. The predicted octanol–water partition coefficient (Wildman–Crippen LogP) is 4.97. The Morgan fingerprint density at radius 3 is 2.17 bits per heavy atom. The number of urea groups is 1. The van der Waals surface area contributed by atoms with Crippen LogP contribution >= 0.6 is 0 Å². The summed E-state index contributed by atoms with van der Waals surface area (Å²) < 4.78 is 6.89. The quantitative estimate of drug-likeness (QED) is 0.651. The molecule has 0 aliphatic heterocycles. The Morgan fingerprint density at radius 1 is 1.07 bits per heavy atom. The molecule has 2 saturated carbocycles. The first-order valence-electron chi connectivity index (χ1n) is 11.5. The van der Waals surface area contributed by atoms with Crippen molar-refractivity contribution >= 4 is 17.8 Å². The van der Waals surface area contributed by atoms with Crippen molar-refractivity contribution in [1.29, 1.82) is 0 Å². The highest BCUT2D eigenvalue weighted by molar-refractivity contribution is 5.99. The lowest BCUT2D eigenvalue weighted by Gasteiger charge is -2.41. The molecule has 1 aromatic heterocycles. The zero-order valence-electron chi connectivity index (χ0n) is 18.0. The Morgan fingerprint density at radius 2 is 1.66 bits per heavy atom. The van der Waals surface area contributed by atoms with Gasteiger partial charge < -0.3 is 9.64 Å². The fourth-order valence-corrected chi connectivity index (χ4v) is 4.73. The van der Waals surface area contributed by atoms with Crippen molar-refractivity contribution in [1.82, 2.24) is 14.7 Å². The molecule has 7 heteroatoms. The Balaban J connectivity index is 1.81. The van der Waals surface area contributed by atoms with Crippen LogP contribution in [0.5, 0.6) is 0 Å². The van der Waals surface area contributed by atoms with Gasteiger partial charge in [0.15, 0.2) is 5.82 Å². The summed E-state index contributed by atoms with van der Waals surface area (Å²) in [6.45, 7) is 4.82. The lowest BCUT2D eigenvalue weighted by Crippen LogP contribution is -2.50. The highest BCUT2D eigenvalue weighted by Crippen LogP contribution is 2.31. The van der Waals surface area contributed by atoms with E-state index in [4.69, 9.17) is 4.74 Å². The number of hydrogen-bond acceptors (Lipinski definition) is 4. The van der Waals surface area contributed by atoms with Crippen molar-refractivity contribution in [3.63, 3.8) is 0 Å². The first-order chi connectivity index (χ1) is 14.1. The average molecular weight is 405 g/mol. The third-order valence-corrected chi connectivity index (χ3v) is 6.11. The summed E-state index contributed by atoms with van der Waals surface area (Å²) in [6.07, 6.45) is 14.1. The third kappa shape index (κ3) is 5.52. The molecule has 2 fully saturated rings. The molecule has 0 aromatic carbocycles. The van der Waals surface area contributed by atoms with E-state index in [9.17, 15) is 9.59 Å². The summed E-state index contributed by atoms with van der Waals surface area (Å²) in [5.41, 5.74) is 0.334. The number of aryl methyl sites for hydroxylation is 1. The largest absolute Gasteiger partial charge is 0.462 e. The second-order valence-corrected chi connectivity index (χ2v) is 8.30. The van der Waals surface area contributed by atoms with Crippen LogP contribution in [0.3, 0.4) is 0 Å². The van der Waals surface area contributed by atoms with Gasteiger partial charge in [0.1, 0.15) is 5.56 Å². The van der Waals surface area contributed by atoms with E-state index in [1.807, 2.05) is 0 Å². The normalized spacial score (nSPS) is 18.4. The molecule has 0 spiro atoms. The van der Waals surface area contributed by atoms with Crippen LogP contribution in [0.4, 0.5) is 10.6 Å². The maximum atomic E-state index is 13.4. The number of hydrogen-bond donors (Lipinski definition) is 1. The van der Waals surface area contributed by atoms with Crippen molar-refractivity contribution in [3.05, 3.63) is 11.8 Å². The monoisotopic (exact) mass is 404 g/mol. The molecule has 0 atom stereocenters. The third-order valence-electron chi connectivity index (χ3n) is 6.11. The Hall–Kier alpha value is -2.05. The van der Waals surface area contributed by atoms with E-state index in [-0.39, 0.29) is 18.1 Å². The molecule has 29 heavy (non-hydrogen) atoms. The number of rotatable bonds is 7. The zero-order chi connectivity index (χ0) is 20.6. The summed E-state index contributed by atoms with van der Waals surface area (Å²) in [6, 6.07) is 0.460. The van der Waals surface area contributed by atoms with Crippen LogP contribution in [0, 0.1) is 0 Å². The van der Waals surface area contributed by atoms with Crippen molar-refractivity contribution < 1.29 is 14.3 Å².